The number of amides is 1. The van der Waals surface area contributed by atoms with Gasteiger partial charge in [0, 0.05) is 18.7 Å². The molecule has 32 heavy (non-hydrogen) atoms. The van der Waals surface area contributed by atoms with E-state index in [1.165, 1.54) is 4.90 Å². The average Bonchev–Trinajstić information content (AvgIpc) is 3.48. The van der Waals surface area contributed by atoms with E-state index in [0.29, 0.717) is 42.9 Å². The normalized spacial score (nSPS) is 26.8. The fourth-order valence-electron chi connectivity index (χ4n) is 4.61. The van der Waals surface area contributed by atoms with E-state index in [-0.39, 0.29) is 36.8 Å². The van der Waals surface area contributed by atoms with Crippen LogP contribution in [-0.4, -0.2) is 75.7 Å². The fourth-order valence-corrected chi connectivity index (χ4v) is 4.61. The number of hydrogen-bond acceptors (Lipinski definition) is 9. The second-order valence-electron chi connectivity index (χ2n) is 8.25. The molecular formula is C21H25FN4O6. The Balaban J connectivity index is 1.65. The molecule has 1 aromatic carbocycles. The largest absolute Gasteiger partial charge is 0.447 e. The van der Waals surface area contributed by atoms with E-state index in [1.807, 2.05) is 18.7 Å². The lowest BCUT2D eigenvalue weighted by atomic mass is 10.0. The number of hydrogen-bond donors (Lipinski definition) is 0. The van der Waals surface area contributed by atoms with Gasteiger partial charge in [-0.25, -0.2) is 14.1 Å². The van der Waals surface area contributed by atoms with Crippen LogP contribution in [0.3, 0.4) is 0 Å². The summed E-state index contributed by atoms with van der Waals surface area (Å²) in [6.45, 7) is 9.58. The number of carbonyl (C=O) groups is 1. The topological polar surface area (TPSA) is 98.9 Å². The first-order valence-corrected chi connectivity index (χ1v) is 10.6. The summed E-state index contributed by atoms with van der Waals surface area (Å²) < 4.78 is 43.8. The number of ether oxygens (including phenoxy) is 4. The third-order valence-electron chi connectivity index (χ3n) is 5.83. The van der Waals surface area contributed by atoms with Gasteiger partial charge in [0.15, 0.2) is 17.9 Å². The minimum atomic E-state index is -0.740. The maximum absolute atomic E-state index is 16.0. The molecule has 172 valence electrons. The van der Waals surface area contributed by atoms with Crippen molar-refractivity contribution in [1.29, 1.82) is 0 Å². The van der Waals surface area contributed by atoms with Crippen LogP contribution in [0.25, 0.3) is 11.0 Å². The standard InChI is InChI=1S/C21H25FN4O6/c1-11-8-25(9-12(2)31-11)17-14(20-28-4-5-29-20)6-15-18(16(17)22)32-24-19(15)26-13(7-23-3)10-30-21(26)27/h6,11-13,20H,3-5,7-10H2,1-2H3/t11-,12-,13+/m1/s1. The highest BCUT2D eigenvalue weighted by Crippen LogP contribution is 2.42. The molecule has 10 nitrogen and oxygen atoms in total. The van der Waals surface area contributed by atoms with E-state index in [0.717, 1.165) is 0 Å². The molecule has 0 saturated carbocycles. The second-order valence-corrected chi connectivity index (χ2v) is 8.25. The highest BCUT2D eigenvalue weighted by molar-refractivity contribution is 6.01. The SMILES string of the molecule is C=NC[C@H]1COC(=O)N1c1noc2c(F)c(N3C[C@@H](C)O[C@H](C)C3)c(C3OCCO3)cc12. The van der Waals surface area contributed by atoms with Gasteiger partial charge in [-0.15, -0.1) is 0 Å². The highest BCUT2D eigenvalue weighted by atomic mass is 19.1. The maximum atomic E-state index is 16.0. The highest BCUT2D eigenvalue weighted by Gasteiger charge is 2.39. The fraction of sp³-hybridized carbons (Fsp3) is 0.571. The average molecular weight is 448 g/mol. The predicted molar refractivity (Wildman–Crippen MR) is 113 cm³/mol. The predicted octanol–water partition coefficient (Wildman–Crippen LogP) is 2.65. The van der Waals surface area contributed by atoms with Crippen molar-refractivity contribution in [1.82, 2.24) is 5.16 Å². The summed E-state index contributed by atoms with van der Waals surface area (Å²) in [6, 6.07) is 1.32. The Kier molecular flexibility index (Phi) is 5.48. The number of halogens is 1. The second kappa shape index (κ2) is 8.30. The lowest BCUT2D eigenvalue weighted by molar-refractivity contribution is -0.0445. The van der Waals surface area contributed by atoms with Crippen molar-refractivity contribution in [2.24, 2.45) is 4.99 Å². The molecule has 0 spiro atoms. The zero-order chi connectivity index (χ0) is 22.4. The van der Waals surface area contributed by atoms with E-state index < -0.39 is 24.2 Å². The molecule has 3 fully saturated rings. The number of cyclic esters (lactones) is 1. The number of carbonyl (C=O) groups excluding carboxylic acids is 1. The molecule has 3 aliphatic rings. The monoisotopic (exact) mass is 448 g/mol. The number of aromatic nitrogens is 1. The van der Waals surface area contributed by atoms with Crippen molar-refractivity contribution >= 4 is 35.3 Å². The van der Waals surface area contributed by atoms with E-state index in [9.17, 15) is 4.79 Å². The van der Waals surface area contributed by atoms with E-state index in [1.54, 1.807) is 6.07 Å². The van der Waals surface area contributed by atoms with Crippen molar-refractivity contribution < 1.29 is 32.7 Å². The summed E-state index contributed by atoms with van der Waals surface area (Å²) in [4.78, 5) is 19.5. The molecule has 0 radical (unpaired) electrons. The zero-order valence-electron chi connectivity index (χ0n) is 18.0. The van der Waals surface area contributed by atoms with Gasteiger partial charge < -0.3 is 28.4 Å². The number of anilines is 2. The minimum absolute atomic E-state index is 0.0476. The number of aliphatic imine (C=N–C) groups is 1. The molecule has 1 amide bonds. The third-order valence-corrected chi connectivity index (χ3v) is 5.83. The van der Waals surface area contributed by atoms with Gasteiger partial charge in [-0.2, -0.15) is 0 Å². The van der Waals surface area contributed by atoms with Crippen LogP contribution in [0.4, 0.5) is 20.7 Å². The van der Waals surface area contributed by atoms with Gasteiger partial charge >= 0.3 is 6.09 Å². The number of rotatable bonds is 5. The van der Waals surface area contributed by atoms with Crippen LogP contribution in [0, 0.1) is 5.82 Å². The third kappa shape index (κ3) is 3.50. The first kappa shape index (κ1) is 21.1. The molecule has 1 aromatic heterocycles. The lowest BCUT2D eigenvalue weighted by Gasteiger charge is -2.38. The Morgan fingerprint density at radius 2 is 1.97 bits per heavy atom. The van der Waals surface area contributed by atoms with Crippen molar-refractivity contribution in [3.05, 3.63) is 17.4 Å². The van der Waals surface area contributed by atoms with E-state index >= 15 is 4.39 Å². The molecule has 4 heterocycles. The molecule has 3 aliphatic heterocycles. The minimum Gasteiger partial charge on any atom is -0.447 e. The summed E-state index contributed by atoms with van der Waals surface area (Å²) in [5.74, 6) is -0.410. The quantitative estimate of drug-likeness (QED) is 0.644. The van der Waals surface area contributed by atoms with Crippen LogP contribution in [0.5, 0.6) is 0 Å². The smallest absolute Gasteiger partial charge is 0.416 e. The van der Waals surface area contributed by atoms with Crippen molar-refractivity contribution in [3.8, 4) is 0 Å². The van der Waals surface area contributed by atoms with Crippen molar-refractivity contribution in [2.45, 2.75) is 38.4 Å². The summed E-state index contributed by atoms with van der Waals surface area (Å²) in [5.41, 5.74) is 0.806. The number of fused-ring (bicyclic) bond motifs is 1. The Hall–Kier alpha value is -2.76. The molecule has 5 rings (SSSR count). The first-order valence-electron chi connectivity index (χ1n) is 10.6. The van der Waals surface area contributed by atoms with Crippen LogP contribution < -0.4 is 9.80 Å². The van der Waals surface area contributed by atoms with E-state index in [2.05, 4.69) is 16.9 Å². The molecule has 3 saturated heterocycles. The van der Waals surface area contributed by atoms with Crippen LogP contribution in [0.2, 0.25) is 0 Å². The molecule has 0 unspecified atom stereocenters. The molecule has 11 heteroatoms. The van der Waals surface area contributed by atoms with Gasteiger partial charge in [-0.1, -0.05) is 5.16 Å². The zero-order valence-corrected chi connectivity index (χ0v) is 18.0. The lowest BCUT2D eigenvalue weighted by Crippen LogP contribution is -2.46. The first-order chi connectivity index (χ1) is 15.5. The summed E-state index contributed by atoms with van der Waals surface area (Å²) in [7, 11) is 0. The Bertz CT molecular complexity index is 1030. The Morgan fingerprint density at radius 1 is 1.25 bits per heavy atom. The van der Waals surface area contributed by atoms with Crippen LogP contribution in [-0.2, 0) is 18.9 Å². The maximum Gasteiger partial charge on any atom is 0.416 e. The van der Waals surface area contributed by atoms with E-state index in [4.69, 9.17) is 23.5 Å². The van der Waals surface area contributed by atoms with Gasteiger partial charge in [-0.05, 0) is 26.6 Å². The summed E-state index contributed by atoms with van der Waals surface area (Å²) >= 11 is 0. The molecule has 0 aliphatic carbocycles. The Labute approximate surface area is 183 Å². The van der Waals surface area contributed by atoms with Gasteiger partial charge in [0.1, 0.15) is 6.61 Å². The van der Waals surface area contributed by atoms with Gasteiger partial charge in [0.25, 0.3) is 0 Å². The summed E-state index contributed by atoms with van der Waals surface area (Å²) in [6.07, 6.45) is -1.49. The molecule has 0 N–H and O–H groups in total. The summed E-state index contributed by atoms with van der Waals surface area (Å²) in [5, 5.41) is 4.36. The molecule has 2 aromatic rings. The van der Waals surface area contributed by atoms with Crippen molar-refractivity contribution in [3.63, 3.8) is 0 Å². The molecular weight excluding hydrogens is 423 g/mol. The van der Waals surface area contributed by atoms with Gasteiger partial charge in [0.05, 0.1) is 49.1 Å². The molecule has 0 bridgehead atoms. The number of morpholine rings is 1. The van der Waals surface area contributed by atoms with Crippen LogP contribution in [0.1, 0.15) is 25.7 Å². The Morgan fingerprint density at radius 3 is 2.66 bits per heavy atom. The molecule has 3 atom stereocenters. The van der Waals surface area contributed by atoms with Gasteiger partial charge in [0.2, 0.25) is 5.58 Å². The van der Waals surface area contributed by atoms with Crippen LogP contribution in [0.15, 0.2) is 15.6 Å². The number of nitrogens with zero attached hydrogens (tertiary/aromatic N) is 4. The van der Waals surface area contributed by atoms with Crippen LogP contribution >= 0.6 is 0 Å². The van der Waals surface area contributed by atoms with Crippen molar-refractivity contribution in [2.75, 3.05) is 49.3 Å². The van der Waals surface area contributed by atoms with Gasteiger partial charge in [-0.3, -0.25) is 4.99 Å². The number of benzene rings is 1.